The molecule has 5 nitrogen and oxygen atoms in total. The highest BCUT2D eigenvalue weighted by atomic mass is 16.3. The minimum Gasteiger partial charge on any atom is -0.387 e. The van der Waals surface area contributed by atoms with Crippen LogP contribution in [0, 0.1) is 0 Å². The number of rotatable bonds is 4. The minimum atomic E-state index is -0.477. The first-order chi connectivity index (χ1) is 9.60. The van der Waals surface area contributed by atoms with E-state index in [9.17, 15) is 9.90 Å². The highest BCUT2D eigenvalue weighted by molar-refractivity contribution is 5.73. The topological polar surface area (TPSA) is 65.5 Å². The zero-order chi connectivity index (χ0) is 14.5. The maximum atomic E-state index is 11.0. The van der Waals surface area contributed by atoms with Gasteiger partial charge in [-0.1, -0.05) is 6.92 Å². The number of anilines is 1. The van der Waals surface area contributed by atoms with Crippen LogP contribution >= 0.6 is 0 Å². The van der Waals surface area contributed by atoms with Crippen LogP contribution in [0.3, 0.4) is 0 Å². The molecule has 1 atom stereocenters. The largest absolute Gasteiger partial charge is 0.387 e. The third kappa shape index (κ3) is 3.70. The summed E-state index contributed by atoms with van der Waals surface area (Å²) in [6, 6.07) is 4.20. The van der Waals surface area contributed by atoms with Crippen molar-refractivity contribution in [2.45, 2.75) is 45.3 Å². The molecule has 1 amide bonds. The predicted molar refractivity (Wildman–Crippen MR) is 78.5 cm³/mol. The van der Waals surface area contributed by atoms with Gasteiger partial charge in [0.2, 0.25) is 5.91 Å². The molecule has 2 N–H and O–H groups in total. The first-order valence-electron chi connectivity index (χ1n) is 7.26. The van der Waals surface area contributed by atoms with Gasteiger partial charge in [0.1, 0.15) is 0 Å². The summed E-state index contributed by atoms with van der Waals surface area (Å²) >= 11 is 0. The van der Waals surface area contributed by atoms with Gasteiger partial charge in [-0.25, -0.2) is 0 Å². The lowest BCUT2D eigenvalue weighted by atomic mass is 10.0. The lowest BCUT2D eigenvalue weighted by Gasteiger charge is -2.33. The van der Waals surface area contributed by atoms with Crippen molar-refractivity contribution >= 4 is 11.6 Å². The van der Waals surface area contributed by atoms with E-state index in [2.05, 4.69) is 15.2 Å². The van der Waals surface area contributed by atoms with Crippen LogP contribution in [0.15, 0.2) is 18.3 Å². The number of aliphatic hydroxyl groups is 1. The van der Waals surface area contributed by atoms with Crippen LogP contribution in [0.5, 0.6) is 0 Å². The Morgan fingerprint density at radius 3 is 2.70 bits per heavy atom. The van der Waals surface area contributed by atoms with Crippen molar-refractivity contribution in [2.75, 3.05) is 18.0 Å². The Hall–Kier alpha value is -1.62. The fraction of sp³-hybridized carbons (Fsp3) is 0.600. The van der Waals surface area contributed by atoms with E-state index in [4.69, 9.17) is 0 Å². The standard InChI is InChI=1S/C15H23N3O2/c1-3-15(20)14-5-4-13(10-16-14)18-8-6-12(7-9-18)17-11(2)19/h4-5,10,12,15,20H,3,6-9H2,1-2H3,(H,17,19)/t15-/m0/s1. The van der Waals surface area contributed by atoms with Crippen molar-refractivity contribution in [1.82, 2.24) is 10.3 Å². The van der Waals surface area contributed by atoms with E-state index in [-0.39, 0.29) is 11.9 Å². The zero-order valence-electron chi connectivity index (χ0n) is 12.2. The van der Waals surface area contributed by atoms with Gasteiger partial charge < -0.3 is 15.3 Å². The van der Waals surface area contributed by atoms with Crippen LogP contribution in [0.4, 0.5) is 5.69 Å². The van der Waals surface area contributed by atoms with Crippen molar-refractivity contribution in [2.24, 2.45) is 0 Å². The molecule has 0 unspecified atom stereocenters. The van der Waals surface area contributed by atoms with Crippen molar-refractivity contribution in [1.29, 1.82) is 0 Å². The van der Waals surface area contributed by atoms with Gasteiger partial charge in [0.05, 0.1) is 23.7 Å². The highest BCUT2D eigenvalue weighted by Crippen LogP contribution is 2.21. The van der Waals surface area contributed by atoms with Gasteiger partial charge in [-0.2, -0.15) is 0 Å². The van der Waals surface area contributed by atoms with Gasteiger partial charge >= 0.3 is 0 Å². The van der Waals surface area contributed by atoms with E-state index in [1.54, 1.807) is 6.92 Å². The molecule has 0 bridgehead atoms. The number of pyridine rings is 1. The average molecular weight is 277 g/mol. The molecule has 1 aromatic heterocycles. The summed E-state index contributed by atoms with van der Waals surface area (Å²) in [5.74, 6) is 0.0445. The van der Waals surface area contributed by atoms with Gasteiger partial charge in [-0.3, -0.25) is 9.78 Å². The van der Waals surface area contributed by atoms with E-state index in [1.807, 2.05) is 25.3 Å². The summed E-state index contributed by atoms with van der Waals surface area (Å²) in [6.45, 7) is 5.34. The number of aliphatic hydroxyl groups excluding tert-OH is 1. The number of hydrogen-bond acceptors (Lipinski definition) is 4. The molecular weight excluding hydrogens is 254 g/mol. The van der Waals surface area contributed by atoms with E-state index in [0.29, 0.717) is 6.42 Å². The fourth-order valence-corrected chi connectivity index (χ4v) is 2.56. The smallest absolute Gasteiger partial charge is 0.217 e. The molecule has 0 aliphatic carbocycles. The summed E-state index contributed by atoms with van der Waals surface area (Å²) in [7, 11) is 0. The molecule has 0 saturated carbocycles. The molecular formula is C15H23N3O2. The number of carbonyl (C=O) groups is 1. The molecule has 2 heterocycles. The first kappa shape index (κ1) is 14.8. The highest BCUT2D eigenvalue weighted by Gasteiger charge is 2.20. The Kier molecular flexibility index (Phi) is 4.95. The molecule has 5 heteroatoms. The number of nitrogens with one attached hydrogen (secondary N) is 1. The molecule has 0 radical (unpaired) electrons. The average Bonchev–Trinajstić information content (AvgIpc) is 2.47. The van der Waals surface area contributed by atoms with Crippen molar-refractivity contribution in [3.8, 4) is 0 Å². The van der Waals surface area contributed by atoms with Gasteiger partial charge in [0.15, 0.2) is 0 Å². The van der Waals surface area contributed by atoms with Crippen LogP contribution in [-0.4, -0.2) is 35.1 Å². The van der Waals surface area contributed by atoms with Crippen LogP contribution in [0.2, 0.25) is 0 Å². The van der Waals surface area contributed by atoms with Gasteiger partial charge in [0.25, 0.3) is 0 Å². The first-order valence-corrected chi connectivity index (χ1v) is 7.26. The number of carbonyl (C=O) groups excluding carboxylic acids is 1. The Morgan fingerprint density at radius 1 is 1.50 bits per heavy atom. The van der Waals surface area contributed by atoms with E-state index in [1.165, 1.54) is 0 Å². The molecule has 110 valence electrons. The van der Waals surface area contributed by atoms with E-state index >= 15 is 0 Å². The number of piperidine rings is 1. The normalized spacial score (nSPS) is 17.9. The lowest BCUT2D eigenvalue weighted by Crippen LogP contribution is -2.44. The Labute approximate surface area is 120 Å². The molecule has 0 spiro atoms. The maximum Gasteiger partial charge on any atom is 0.217 e. The monoisotopic (exact) mass is 277 g/mol. The summed E-state index contributed by atoms with van der Waals surface area (Å²) in [6.07, 6.45) is 3.94. The maximum absolute atomic E-state index is 11.0. The van der Waals surface area contributed by atoms with Crippen LogP contribution in [0.25, 0.3) is 0 Å². The Balaban J connectivity index is 1.92. The fourth-order valence-electron chi connectivity index (χ4n) is 2.56. The molecule has 1 aromatic rings. The molecule has 1 saturated heterocycles. The SMILES string of the molecule is CC[C@H](O)c1ccc(N2CCC(NC(C)=O)CC2)cn1. The van der Waals surface area contributed by atoms with Crippen LogP contribution in [0.1, 0.15) is 44.9 Å². The summed E-state index contributed by atoms with van der Waals surface area (Å²) in [4.78, 5) is 17.6. The van der Waals surface area contributed by atoms with Crippen molar-refractivity contribution < 1.29 is 9.90 Å². The van der Waals surface area contributed by atoms with E-state index in [0.717, 1.165) is 37.3 Å². The predicted octanol–water partition coefficient (Wildman–Crippen LogP) is 1.63. The second kappa shape index (κ2) is 6.70. The minimum absolute atomic E-state index is 0.0445. The number of hydrogen-bond donors (Lipinski definition) is 2. The lowest BCUT2D eigenvalue weighted by molar-refractivity contribution is -0.119. The Bertz CT molecular complexity index is 439. The summed E-state index contributed by atoms with van der Waals surface area (Å²) in [5.41, 5.74) is 1.81. The zero-order valence-corrected chi connectivity index (χ0v) is 12.2. The number of aromatic nitrogens is 1. The number of nitrogens with zero attached hydrogens (tertiary/aromatic N) is 2. The molecule has 0 aromatic carbocycles. The second-order valence-electron chi connectivity index (χ2n) is 5.33. The van der Waals surface area contributed by atoms with Crippen LogP contribution < -0.4 is 10.2 Å². The molecule has 1 fully saturated rings. The Morgan fingerprint density at radius 2 is 2.20 bits per heavy atom. The molecule has 1 aliphatic heterocycles. The van der Waals surface area contributed by atoms with Gasteiger partial charge in [0, 0.05) is 26.1 Å². The summed E-state index contributed by atoms with van der Waals surface area (Å²) in [5, 5.41) is 12.7. The van der Waals surface area contributed by atoms with Crippen molar-refractivity contribution in [3.05, 3.63) is 24.0 Å². The second-order valence-corrected chi connectivity index (χ2v) is 5.33. The quantitative estimate of drug-likeness (QED) is 0.878. The van der Waals surface area contributed by atoms with Gasteiger partial charge in [-0.15, -0.1) is 0 Å². The molecule has 1 aliphatic rings. The molecule has 2 rings (SSSR count). The third-order valence-corrected chi connectivity index (χ3v) is 3.77. The number of amides is 1. The van der Waals surface area contributed by atoms with Crippen LogP contribution in [-0.2, 0) is 4.79 Å². The molecule has 20 heavy (non-hydrogen) atoms. The summed E-state index contributed by atoms with van der Waals surface area (Å²) < 4.78 is 0. The van der Waals surface area contributed by atoms with Crippen molar-refractivity contribution in [3.63, 3.8) is 0 Å². The third-order valence-electron chi connectivity index (χ3n) is 3.77. The van der Waals surface area contributed by atoms with E-state index < -0.39 is 6.10 Å². The van der Waals surface area contributed by atoms with Gasteiger partial charge in [-0.05, 0) is 31.4 Å².